The predicted molar refractivity (Wildman–Crippen MR) is 67.8 cm³/mol. The summed E-state index contributed by atoms with van der Waals surface area (Å²) < 4.78 is 0. The van der Waals surface area contributed by atoms with Gasteiger partial charge in [0.1, 0.15) is 11.3 Å². The Morgan fingerprint density at radius 1 is 1.12 bits per heavy atom. The number of aliphatic hydroxyl groups is 2. The number of benzene rings is 1. The Kier molecular flexibility index (Phi) is 23.8. The summed E-state index contributed by atoms with van der Waals surface area (Å²) in [5.74, 6) is 0.251. The topological polar surface area (TPSA) is 82.1 Å². The van der Waals surface area contributed by atoms with Crippen molar-refractivity contribution in [3.63, 3.8) is 0 Å². The van der Waals surface area contributed by atoms with Gasteiger partial charge in [0, 0.05) is 14.2 Å². The van der Waals surface area contributed by atoms with Gasteiger partial charge in [-0.1, -0.05) is 12.1 Å². The number of aromatic hydroxyl groups is 1. The molecule has 0 aliphatic heterocycles. The number of phenols is 1. The molecular formula is C10H17Cl2NbO4+. The number of rotatable bonds is 1. The molecule has 17 heavy (non-hydrogen) atoms. The van der Waals surface area contributed by atoms with E-state index in [-0.39, 0.29) is 11.5 Å². The van der Waals surface area contributed by atoms with Crippen molar-refractivity contribution < 1.29 is 37.7 Å². The second-order valence-electron chi connectivity index (χ2n) is 2.17. The van der Waals surface area contributed by atoms with E-state index < -0.39 is 17.6 Å². The van der Waals surface area contributed by atoms with Gasteiger partial charge in [0.05, 0.1) is 6.92 Å². The van der Waals surface area contributed by atoms with Gasteiger partial charge in [-0.05, 0) is 12.1 Å². The van der Waals surface area contributed by atoms with Crippen LogP contribution in [0, 0.1) is 0 Å². The number of para-hydroxylation sites is 1. The van der Waals surface area contributed by atoms with Gasteiger partial charge in [-0.25, -0.2) is 0 Å². The van der Waals surface area contributed by atoms with Crippen LogP contribution in [0.2, 0.25) is 0 Å². The zero-order chi connectivity index (χ0) is 14.3. The molecule has 0 aliphatic rings. The molecule has 1 rings (SSSR count). The molecule has 0 spiro atoms. The molecule has 99 valence electrons. The van der Waals surface area contributed by atoms with E-state index in [9.17, 15) is 0 Å². The van der Waals surface area contributed by atoms with Crippen molar-refractivity contribution in [2.75, 3.05) is 14.2 Å². The molecule has 0 saturated heterocycles. The number of carbonyl (C=O) groups excluding carboxylic acids is 1. The molecule has 1 aromatic rings. The van der Waals surface area contributed by atoms with Crippen molar-refractivity contribution in [3.8, 4) is 5.75 Å². The third-order valence-electron chi connectivity index (χ3n) is 1.29. The second-order valence-corrected chi connectivity index (χ2v) is 5.50. The van der Waals surface area contributed by atoms with E-state index in [0.29, 0.717) is 5.56 Å². The van der Waals surface area contributed by atoms with E-state index in [0.717, 1.165) is 14.2 Å². The standard InChI is InChI=1S/C8H8O2.2CH4O.2ClH.Nb/c1-6(9)7-4-2-3-5-8(7)10;2*1-2;;;/h2-5,10H,1H3;2*2H,1H3;2*1H;/q;;;;;+2/p-1. The van der Waals surface area contributed by atoms with Crippen LogP contribution in [0.15, 0.2) is 24.3 Å². The molecule has 0 radical (unpaired) electrons. The minimum atomic E-state index is -0.706. The molecule has 0 saturated carbocycles. The number of phenolic OH excluding ortho intramolecular Hbond substituents is 1. The van der Waals surface area contributed by atoms with Gasteiger partial charge < -0.3 is 15.3 Å². The minimum absolute atomic E-state index is 0.113. The number of halogens is 2. The summed E-state index contributed by atoms with van der Waals surface area (Å²) in [4.78, 5) is 8.96. The van der Waals surface area contributed by atoms with Crippen LogP contribution in [0.1, 0.15) is 12.5 Å². The first-order chi connectivity index (χ1) is 8.13. The fourth-order valence-corrected chi connectivity index (χ4v) is 0.780. The van der Waals surface area contributed by atoms with Crippen molar-refractivity contribution in [1.82, 2.24) is 0 Å². The molecule has 0 heterocycles. The van der Waals surface area contributed by atoms with Crippen molar-refractivity contribution in [2.24, 2.45) is 0 Å². The van der Waals surface area contributed by atoms with Crippen LogP contribution in [-0.2, 0) is 17.6 Å². The van der Waals surface area contributed by atoms with Crippen molar-refractivity contribution in [2.45, 2.75) is 6.92 Å². The molecule has 0 atom stereocenters. The monoisotopic (exact) mass is 364 g/mol. The third-order valence-corrected chi connectivity index (χ3v) is 1.29. The third kappa shape index (κ3) is 13.9. The van der Waals surface area contributed by atoms with Gasteiger partial charge in [0.15, 0.2) is 0 Å². The normalized spacial score (nSPS) is 7.00. The Morgan fingerprint density at radius 2 is 1.47 bits per heavy atom. The average molecular weight is 365 g/mol. The molecule has 7 heteroatoms. The van der Waals surface area contributed by atoms with Crippen LogP contribution >= 0.6 is 18.4 Å². The van der Waals surface area contributed by atoms with Gasteiger partial charge in [-0.2, -0.15) is 0 Å². The van der Waals surface area contributed by atoms with Gasteiger partial charge in [-0.15, -0.1) is 0 Å². The van der Waals surface area contributed by atoms with Crippen LogP contribution in [-0.4, -0.2) is 40.1 Å². The molecule has 4 nitrogen and oxygen atoms in total. The molecule has 0 amide bonds. The van der Waals surface area contributed by atoms with Gasteiger partial charge in [-0.3, -0.25) is 4.79 Å². The summed E-state index contributed by atoms with van der Waals surface area (Å²) in [7, 11) is 11.8. The predicted octanol–water partition coefficient (Wildman–Crippen LogP) is 1.90. The second kappa shape index (κ2) is 18.3. The van der Waals surface area contributed by atoms with Gasteiger partial charge in [0.25, 0.3) is 0 Å². The fourth-order valence-electron chi connectivity index (χ4n) is 0.780. The van der Waals surface area contributed by atoms with E-state index in [1.165, 1.54) is 13.0 Å². The quantitative estimate of drug-likeness (QED) is 0.404. The Hall–Kier alpha value is -0.0697. The molecule has 0 fully saturated rings. The van der Waals surface area contributed by atoms with Crippen molar-refractivity contribution in [3.05, 3.63) is 29.8 Å². The first kappa shape index (κ1) is 22.1. The molecule has 0 unspecified atom stereocenters. The van der Waals surface area contributed by atoms with E-state index in [2.05, 4.69) is 0 Å². The zero-order valence-electron chi connectivity index (χ0n) is 9.80. The SMILES string of the molecule is CC(=[OH+])c1ccccc1O.CO.CO.[Cl][Nb][Cl]. The number of hydrogen-bond acceptors (Lipinski definition) is 3. The van der Waals surface area contributed by atoms with E-state index in [1.807, 2.05) is 0 Å². The fraction of sp³-hybridized carbons (Fsp3) is 0.300. The number of hydrogen-bond donors (Lipinski definition) is 3. The summed E-state index contributed by atoms with van der Waals surface area (Å²) in [5.41, 5.74) is 0.488. The molecule has 0 bridgehead atoms. The first-order valence-corrected chi connectivity index (χ1v) is 9.92. The number of aliphatic hydroxyl groups excluding tert-OH is 2. The molecule has 0 aromatic heterocycles. The number of ketones is 1. The van der Waals surface area contributed by atoms with Crippen LogP contribution in [0.5, 0.6) is 5.75 Å². The Bertz CT molecular complexity index is 285. The zero-order valence-corrected chi connectivity index (χ0v) is 13.5. The summed E-state index contributed by atoms with van der Waals surface area (Å²) in [6.07, 6.45) is 0. The van der Waals surface area contributed by atoms with Crippen LogP contribution < -0.4 is 0 Å². The molecule has 0 aliphatic carbocycles. The summed E-state index contributed by atoms with van der Waals surface area (Å²) in [6, 6.07) is 6.66. The Labute approximate surface area is 118 Å². The van der Waals surface area contributed by atoms with Crippen LogP contribution in [0.25, 0.3) is 0 Å². The maximum atomic E-state index is 9.10. The van der Waals surface area contributed by atoms with Crippen molar-refractivity contribution >= 4 is 24.2 Å². The Morgan fingerprint density at radius 3 is 1.71 bits per heavy atom. The summed E-state index contributed by atoms with van der Waals surface area (Å²) in [5, 5.41) is 23.1. The van der Waals surface area contributed by atoms with E-state index >= 15 is 0 Å². The van der Waals surface area contributed by atoms with Crippen molar-refractivity contribution in [1.29, 1.82) is 0 Å². The molecule has 1 aromatic carbocycles. The van der Waals surface area contributed by atoms with Gasteiger partial charge >= 0.3 is 41.8 Å². The van der Waals surface area contributed by atoms with Gasteiger partial charge in [0.2, 0.25) is 0 Å². The average Bonchev–Trinajstić information content (AvgIpc) is 2.35. The van der Waals surface area contributed by atoms with E-state index in [4.69, 9.17) is 38.5 Å². The van der Waals surface area contributed by atoms with E-state index in [1.54, 1.807) is 18.2 Å². The molecule has 4 N–H and O–H groups in total. The summed E-state index contributed by atoms with van der Waals surface area (Å²) in [6.45, 7) is 1.54. The summed E-state index contributed by atoms with van der Waals surface area (Å²) >= 11 is -0.706. The van der Waals surface area contributed by atoms with Crippen LogP contribution in [0.3, 0.4) is 0 Å². The molecular weight excluding hydrogens is 348 g/mol. The Balaban J connectivity index is -0.000000239. The first-order valence-electron chi connectivity index (χ1n) is 4.26. The van der Waals surface area contributed by atoms with Crippen LogP contribution in [0.4, 0.5) is 0 Å². The maximum absolute atomic E-state index is 9.10.